The number of rotatable bonds is 5. The average molecular weight is 467 g/mol. The van der Waals surface area contributed by atoms with Gasteiger partial charge in [-0.3, -0.25) is 4.72 Å². The van der Waals surface area contributed by atoms with Crippen LogP contribution in [0.15, 0.2) is 71.9 Å². The van der Waals surface area contributed by atoms with Crippen molar-refractivity contribution in [2.75, 3.05) is 17.8 Å². The van der Waals surface area contributed by atoms with Crippen molar-refractivity contribution in [2.45, 2.75) is 11.3 Å². The van der Waals surface area contributed by atoms with E-state index in [1.165, 1.54) is 29.0 Å². The largest absolute Gasteiger partial charge is 0.313 e. The Balaban J connectivity index is 1.57. The van der Waals surface area contributed by atoms with Crippen LogP contribution in [0.4, 0.5) is 5.13 Å². The highest BCUT2D eigenvalue weighted by molar-refractivity contribution is 7.86. The van der Waals surface area contributed by atoms with E-state index in [0.29, 0.717) is 10.0 Å². The van der Waals surface area contributed by atoms with Crippen LogP contribution in [-0.4, -0.2) is 26.7 Å². The Bertz CT molecular complexity index is 1300. The zero-order valence-electron chi connectivity index (χ0n) is 16.5. The molecule has 1 aliphatic heterocycles. The number of nitrogens with one attached hydrogen (secondary N) is 2. The van der Waals surface area contributed by atoms with E-state index in [1.54, 1.807) is 0 Å². The highest BCUT2D eigenvalue weighted by atomic mass is 35.5. The SMILES string of the molecule is O=S(Nc1ncns1)c1ccc2c(-c3ccc(Cl)cc3C3=CCNCC3)cccc2c1. The van der Waals surface area contributed by atoms with E-state index >= 15 is 0 Å². The second-order valence-electron chi connectivity index (χ2n) is 7.18. The van der Waals surface area contributed by atoms with Gasteiger partial charge in [-0.15, -0.1) is 0 Å². The fourth-order valence-corrected chi connectivity index (χ4v) is 5.44. The molecule has 156 valence electrons. The van der Waals surface area contributed by atoms with Gasteiger partial charge in [0.25, 0.3) is 0 Å². The quantitative estimate of drug-likeness (QED) is 0.406. The van der Waals surface area contributed by atoms with Crippen LogP contribution in [0, 0.1) is 0 Å². The first-order valence-electron chi connectivity index (χ1n) is 9.87. The van der Waals surface area contributed by atoms with Crippen molar-refractivity contribution in [3.05, 3.63) is 77.6 Å². The van der Waals surface area contributed by atoms with Gasteiger partial charge in [0.2, 0.25) is 5.13 Å². The summed E-state index contributed by atoms with van der Waals surface area (Å²) in [5, 5.41) is 6.78. The Hall–Kier alpha value is -2.58. The molecule has 1 atom stereocenters. The van der Waals surface area contributed by atoms with Crippen LogP contribution >= 0.6 is 23.1 Å². The summed E-state index contributed by atoms with van der Waals surface area (Å²) in [5.74, 6) is 0. The topological polar surface area (TPSA) is 66.9 Å². The predicted octanol–water partition coefficient (Wildman–Crippen LogP) is 5.52. The van der Waals surface area contributed by atoms with E-state index in [1.807, 2.05) is 36.4 Å². The fraction of sp³-hybridized carbons (Fsp3) is 0.130. The minimum atomic E-state index is -1.41. The van der Waals surface area contributed by atoms with Gasteiger partial charge in [0.05, 0.1) is 4.90 Å². The van der Waals surface area contributed by atoms with Crippen molar-refractivity contribution >= 4 is 55.6 Å². The molecule has 0 saturated carbocycles. The average Bonchev–Trinajstić information content (AvgIpc) is 3.32. The number of anilines is 1. The second-order valence-corrected chi connectivity index (χ2v) is 9.61. The van der Waals surface area contributed by atoms with Crippen molar-refractivity contribution in [2.24, 2.45) is 0 Å². The predicted molar refractivity (Wildman–Crippen MR) is 130 cm³/mol. The maximum Gasteiger partial charge on any atom is 0.214 e. The first-order valence-corrected chi connectivity index (χ1v) is 12.2. The summed E-state index contributed by atoms with van der Waals surface area (Å²) < 4.78 is 19.5. The smallest absolute Gasteiger partial charge is 0.214 e. The summed E-state index contributed by atoms with van der Waals surface area (Å²) in [6, 6.07) is 18.2. The van der Waals surface area contributed by atoms with Gasteiger partial charge in [0.15, 0.2) is 11.0 Å². The van der Waals surface area contributed by atoms with Crippen molar-refractivity contribution in [1.82, 2.24) is 14.7 Å². The molecule has 1 aliphatic rings. The van der Waals surface area contributed by atoms with Gasteiger partial charge in [-0.25, -0.2) is 9.19 Å². The van der Waals surface area contributed by atoms with Crippen molar-refractivity contribution in [3.8, 4) is 11.1 Å². The van der Waals surface area contributed by atoms with Crippen LogP contribution in [0.25, 0.3) is 27.5 Å². The number of fused-ring (bicyclic) bond motifs is 1. The minimum absolute atomic E-state index is 0.535. The van der Waals surface area contributed by atoms with E-state index in [0.717, 1.165) is 46.4 Å². The lowest BCUT2D eigenvalue weighted by Gasteiger charge is -2.19. The monoisotopic (exact) mass is 466 g/mol. The summed E-state index contributed by atoms with van der Waals surface area (Å²) in [7, 11) is -1.41. The maximum atomic E-state index is 12.7. The van der Waals surface area contributed by atoms with Gasteiger partial charge in [-0.2, -0.15) is 4.37 Å². The summed E-state index contributed by atoms with van der Waals surface area (Å²) >= 11 is 7.54. The molecule has 0 saturated heterocycles. The Kier molecular flexibility index (Phi) is 5.82. The zero-order valence-corrected chi connectivity index (χ0v) is 18.9. The molecule has 0 radical (unpaired) electrons. The second kappa shape index (κ2) is 8.88. The molecule has 0 spiro atoms. The standard InChI is InChI=1S/C23H19ClN4OS2/c24-17-4-6-21(22(13-17)15-8-10-25-11-9-15)20-3-1-2-16-12-18(5-7-19(16)20)31(29)28-23-26-14-27-30-23/h1-8,12-14,25H,9-11H2,(H,26,27,28). The summed E-state index contributed by atoms with van der Waals surface area (Å²) in [6.45, 7) is 1.83. The third kappa shape index (κ3) is 4.27. The van der Waals surface area contributed by atoms with E-state index in [9.17, 15) is 4.21 Å². The maximum absolute atomic E-state index is 12.7. The van der Waals surface area contributed by atoms with Gasteiger partial charge in [-0.05, 0) is 70.3 Å². The first kappa shape index (κ1) is 20.3. The Morgan fingerprint density at radius 3 is 2.81 bits per heavy atom. The Morgan fingerprint density at radius 1 is 1.06 bits per heavy atom. The Labute approximate surface area is 191 Å². The van der Waals surface area contributed by atoms with Crippen molar-refractivity contribution < 1.29 is 4.21 Å². The van der Waals surface area contributed by atoms with Crippen LogP contribution in [0.3, 0.4) is 0 Å². The van der Waals surface area contributed by atoms with E-state index < -0.39 is 11.0 Å². The molecule has 5 rings (SSSR count). The van der Waals surface area contributed by atoms with Crippen LogP contribution in [0.1, 0.15) is 12.0 Å². The number of nitrogens with zero attached hydrogens (tertiary/aromatic N) is 2. The first-order chi connectivity index (χ1) is 15.2. The zero-order chi connectivity index (χ0) is 21.2. The van der Waals surface area contributed by atoms with E-state index in [4.69, 9.17) is 11.6 Å². The number of hydrogen-bond acceptors (Lipinski definition) is 5. The van der Waals surface area contributed by atoms with Crippen LogP contribution < -0.4 is 10.0 Å². The lowest BCUT2D eigenvalue weighted by molar-refractivity contribution is 0.686. The molecule has 3 aromatic carbocycles. The molecule has 5 nitrogen and oxygen atoms in total. The van der Waals surface area contributed by atoms with Gasteiger partial charge in [0, 0.05) is 23.1 Å². The van der Waals surface area contributed by atoms with E-state index in [-0.39, 0.29) is 0 Å². The molecule has 1 aromatic heterocycles. The molecule has 0 bridgehead atoms. The molecular weight excluding hydrogens is 448 g/mol. The van der Waals surface area contributed by atoms with Crippen molar-refractivity contribution in [1.29, 1.82) is 0 Å². The molecule has 1 unspecified atom stereocenters. The van der Waals surface area contributed by atoms with E-state index in [2.05, 4.69) is 43.7 Å². The molecule has 0 aliphatic carbocycles. The van der Waals surface area contributed by atoms with Gasteiger partial charge >= 0.3 is 0 Å². The number of benzene rings is 3. The number of halogens is 1. The highest BCUT2D eigenvalue weighted by Crippen LogP contribution is 2.37. The summed E-state index contributed by atoms with van der Waals surface area (Å²) in [4.78, 5) is 4.73. The molecular formula is C23H19ClN4OS2. The molecule has 0 amide bonds. The van der Waals surface area contributed by atoms with Crippen LogP contribution in [0.2, 0.25) is 5.02 Å². The molecule has 2 N–H and O–H groups in total. The highest BCUT2D eigenvalue weighted by Gasteiger charge is 2.15. The summed E-state index contributed by atoms with van der Waals surface area (Å²) in [5.41, 5.74) is 4.78. The fourth-order valence-electron chi connectivity index (χ4n) is 3.85. The Morgan fingerprint density at radius 2 is 2.00 bits per heavy atom. The normalized spacial score (nSPS) is 14.9. The summed E-state index contributed by atoms with van der Waals surface area (Å²) in [6.07, 6.45) is 4.65. The van der Waals surface area contributed by atoms with Gasteiger partial charge in [0.1, 0.15) is 6.33 Å². The van der Waals surface area contributed by atoms with Crippen LogP contribution in [-0.2, 0) is 11.0 Å². The van der Waals surface area contributed by atoms with Gasteiger partial charge in [-0.1, -0.05) is 48.0 Å². The lowest BCUT2D eigenvalue weighted by Crippen LogP contribution is -2.20. The molecule has 8 heteroatoms. The molecule has 2 heterocycles. The van der Waals surface area contributed by atoms with Crippen LogP contribution in [0.5, 0.6) is 0 Å². The molecule has 4 aromatic rings. The number of aromatic nitrogens is 2. The minimum Gasteiger partial charge on any atom is -0.313 e. The van der Waals surface area contributed by atoms with Crippen molar-refractivity contribution in [3.63, 3.8) is 0 Å². The molecule has 31 heavy (non-hydrogen) atoms. The lowest BCUT2D eigenvalue weighted by atomic mass is 9.89. The van der Waals surface area contributed by atoms with Gasteiger partial charge < -0.3 is 5.32 Å². The third-order valence-electron chi connectivity index (χ3n) is 5.29. The molecule has 0 fully saturated rings. The number of hydrogen-bond donors (Lipinski definition) is 2. The third-order valence-corrected chi connectivity index (χ3v) is 7.29.